The molecule has 4 rings (SSSR count). The van der Waals surface area contributed by atoms with Crippen LogP contribution in [0.5, 0.6) is 0 Å². The molecule has 0 unspecified atom stereocenters. The summed E-state index contributed by atoms with van der Waals surface area (Å²) in [5.41, 5.74) is 0.971. The zero-order valence-electron chi connectivity index (χ0n) is 13.4. The van der Waals surface area contributed by atoms with Gasteiger partial charge in [-0.25, -0.2) is 9.67 Å². The lowest BCUT2D eigenvalue weighted by Gasteiger charge is -2.31. The van der Waals surface area contributed by atoms with Gasteiger partial charge < -0.3 is 9.64 Å². The molecule has 2 aliphatic rings. The van der Waals surface area contributed by atoms with Gasteiger partial charge in [0.1, 0.15) is 6.33 Å². The number of hydrogen-bond acceptors (Lipinski definition) is 5. The van der Waals surface area contributed by atoms with Gasteiger partial charge in [-0.1, -0.05) is 30.0 Å². The standard InChI is InChI=1S/C17H20N4O2S/c22-16-15(6-9-20(16)13-7-10-23-11-8-13)24-17-18-12-21(19-17)14-4-2-1-3-5-14/h1-5,12-13,15H,6-11H2/t15-/m1/s1. The number of hydrogen-bond donors (Lipinski definition) is 0. The average molecular weight is 344 g/mol. The number of likely N-dealkylation sites (tertiary alicyclic amines) is 1. The molecule has 0 aliphatic carbocycles. The van der Waals surface area contributed by atoms with Crippen molar-refractivity contribution in [3.63, 3.8) is 0 Å². The summed E-state index contributed by atoms with van der Waals surface area (Å²) >= 11 is 1.48. The van der Waals surface area contributed by atoms with Crippen molar-refractivity contribution in [3.05, 3.63) is 36.7 Å². The number of benzene rings is 1. The quantitative estimate of drug-likeness (QED) is 0.850. The van der Waals surface area contributed by atoms with Crippen molar-refractivity contribution in [1.29, 1.82) is 0 Å². The van der Waals surface area contributed by atoms with E-state index in [0.717, 1.165) is 44.7 Å². The van der Waals surface area contributed by atoms with E-state index in [1.807, 2.05) is 35.2 Å². The summed E-state index contributed by atoms with van der Waals surface area (Å²) in [4.78, 5) is 19.1. The zero-order valence-corrected chi connectivity index (χ0v) is 14.2. The van der Waals surface area contributed by atoms with Crippen LogP contribution in [0.2, 0.25) is 0 Å². The Hall–Kier alpha value is -1.86. The van der Waals surface area contributed by atoms with E-state index in [9.17, 15) is 4.79 Å². The summed E-state index contributed by atoms with van der Waals surface area (Å²) < 4.78 is 7.14. The minimum Gasteiger partial charge on any atom is -0.381 e. The van der Waals surface area contributed by atoms with Crippen molar-refractivity contribution in [2.45, 2.75) is 35.7 Å². The van der Waals surface area contributed by atoms with Crippen LogP contribution in [0.15, 0.2) is 41.8 Å². The smallest absolute Gasteiger partial charge is 0.236 e. The van der Waals surface area contributed by atoms with Crippen molar-refractivity contribution in [1.82, 2.24) is 19.7 Å². The highest BCUT2D eigenvalue weighted by atomic mass is 32.2. The molecular formula is C17H20N4O2S. The molecule has 2 aliphatic heterocycles. The SMILES string of the molecule is O=C1[C@H](Sc2ncn(-c3ccccc3)n2)CCN1C1CCOCC1. The number of carbonyl (C=O) groups excluding carboxylic acids is 1. The number of nitrogens with zero attached hydrogens (tertiary/aromatic N) is 4. The van der Waals surface area contributed by atoms with Crippen LogP contribution in [0.3, 0.4) is 0 Å². The maximum absolute atomic E-state index is 12.7. The molecule has 0 radical (unpaired) electrons. The number of para-hydroxylation sites is 1. The highest BCUT2D eigenvalue weighted by molar-refractivity contribution is 8.00. The summed E-state index contributed by atoms with van der Waals surface area (Å²) in [6, 6.07) is 10.2. The van der Waals surface area contributed by atoms with Gasteiger partial charge in [0.05, 0.1) is 10.9 Å². The van der Waals surface area contributed by atoms with Gasteiger partial charge in [-0.3, -0.25) is 4.79 Å². The first kappa shape index (κ1) is 15.7. The first-order valence-corrected chi connectivity index (χ1v) is 9.21. The van der Waals surface area contributed by atoms with Gasteiger partial charge in [0, 0.05) is 25.8 Å². The fourth-order valence-electron chi connectivity index (χ4n) is 3.28. The van der Waals surface area contributed by atoms with E-state index in [0.29, 0.717) is 11.2 Å². The van der Waals surface area contributed by atoms with Gasteiger partial charge >= 0.3 is 0 Å². The monoisotopic (exact) mass is 344 g/mol. The summed E-state index contributed by atoms with van der Waals surface area (Å²) in [6.07, 6.45) is 4.46. The largest absolute Gasteiger partial charge is 0.381 e. The lowest BCUT2D eigenvalue weighted by atomic mass is 10.1. The number of carbonyl (C=O) groups is 1. The lowest BCUT2D eigenvalue weighted by Crippen LogP contribution is -2.41. The zero-order chi connectivity index (χ0) is 16.4. The van der Waals surface area contributed by atoms with Crippen LogP contribution in [0.25, 0.3) is 5.69 Å². The number of ether oxygens (including phenoxy) is 1. The third-order valence-corrected chi connectivity index (χ3v) is 5.68. The molecule has 6 nitrogen and oxygen atoms in total. The Morgan fingerprint density at radius 3 is 2.71 bits per heavy atom. The van der Waals surface area contributed by atoms with Gasteiger partial charge in [-0.15, -0.1) is 5.10 Å². The molecule has 1 amide bonds. The Kier molecular flexibility index (Phi) is 4.53. The minimum atomic E-state index is -0.0699. The normalized spacial score (nSPS) is 22.2. The number of aromatic nitrogens is 3. The fraction of sp³-hybridized carbons (Fsp3) is 0.471. The van der Waals surface area contributed by atoms with Gasteiger partial charge in [0.15, 0.2) is 0 Å². The van der Waals surface area contributed by atoms with E-state index in [1.165, 1.54) is 11.8 Å². The molecule has 0 saturated carbocycles. The predicted octanol–water partition coefficient (Wildman–Crippen LogP) is 2.14. The lowest BCUT2D eigenvalue weighted by molar-refractivity contribution is -0.130. The minimum absolute atomic E-state index is 0.0699. The topological polar surface area (TPSA) is 60.2 Å². The molecule has 0 N–H and O–H groups in total. The summed E-state index contributed by atoms with van der Waals surface area (Å²) in [7, 11) is 0. The van der Waals surface area contributed by atoms with Crippen molar-refractivity contribution in [3.8, 4) is 5.69 Å². The predicted molar refractivity (Wildman–Crippen MR) is 91.2 cm³/mol. The van der Waals surface area contributed by atoms with E-state index in [2.05, 4.69) is 10.1 Å². The van der Waals surface area contributed by atoms with E-state index in [-0.39, 0.29) is 11.2 Å². The second kappa shape index (κ2) is 6.94. The first-order valence-electron chi connectivity index (χ1n) is 8.33. The molecule has 0 spiro atoms. The van der Waals surface area contributed by atoms with Crippen LogP contribution in [0.1, 0.15) is 19.3 Å². The molecule has 0 bridgehead atoms. The van der Waals surface area contributed by atoms with Crippen molar-refractivity contribution < 1.29 is 9.53 Å². The summed E-state index contributed by atoms with van der Waals surface area (Å²) in [5.74, 6) is 0.225. The summed E-state index contributed by atoms with van der Waals surface area (Å²) in [5, 5.41) is 5.08. The number of thioether (sulfide) groups is 1. The molecule has 1 aromatic carbocycles. The molecule has 24 heavy (non-hydrogen) atoms. The maximum atomic E-state index is 12.7. The van der Waals surface area contributed by atoms with Crippen molar-refractivity contribution >= 4 is 17.7 Å². The Labute approximate surface area is 145 Å². The second-order valence-corrected chi connectivity index (χ2v) is 7.25. The third kappa shape index (κ3) is 3.18. The Morgan fingerprint density at radius 2 is 1.92 bits per heavy atom. The second-order valence-electron chi connectivity index (χ2n) is 6.08. The van der Waals surface area contributed by atoms with Crippen LogP contribution in [-0.4, -0.2) is 56.6 Å². The molecule has 2 fully saturated rings. The van der Waals surface area contributed by atoms with Gasteiger partial charge in [-0.2, -0.15) is 0 Å². The first-order chi connectivity index (χ1) is 11.8. The van der Waals surface area contributed by atoms with Crippen LogP contribution >= 0.6 is 11.8 Å². The highest BCUT2D eigenvalue weighted by Gasteiger charge is 2.37. The van der Waals surface area contributed by atoms with Gasteiger partial charge in [0.2, 0.25) is 11.1 Å². The van der Waals surface area contributed by atoms with Crippen molar-refractivity contribution in [2.75, 3.05) is 19.8 Å². The van der Waals surface area contributed by atoms with Crippen LogP contribution in [0, 0.1) is 0 Å². The van der Waals surface area contributed by atoms with E-state index in [4.69, 9.17) is 4.74 Å². The number of amides is 1. The van der Waals surface area contributed by atoms with E-state index < -0.39 is 0 Å². The molecule has 3 heterocycles. The maximum Gasteiger partial charge on any atom is 0.236 e. The Bertz CT molecular complexity index is 700. The molecule has 2 aromatic rings. The average Bonchev–Trinajstić information content (AvgIpc) is 3.25. The van der Waals surface area contributed by atoms with Gasteiger partial charge in [0.25, 0.3) is 0 Å². The molecule has 126 valence electrons. The van der Waals surface area contributed by atoms with Gasteiger partial charge in [-0.05, 0) is 31.4 Å². The highest BCUT2D eigenvalue weighted by Crippen LogP contribution is 2.31. The summed E-state index contributed by atoms with van der Waals surface area (Å²) in [6.45, 7) is 2.35. The van der Waals surface area contributed by atoms with Crippen LogP contribution in [-0.2, 0) is 9.53 Å². The van der Waals surface area contributed by atoms with E-state index >= 15 is 0 Å². The molecule has 2 saturated heterocycles. The molecule has 1 aromatic heterocycles. The van der Waals surface area contributed by atoms with Crippen LogP contribution < -0.4 is 0 Å². The molecule has 1 atom stereocenters. The Balaban J connectivity index is 1.41. The molecular weight excluding hydrogens is 324 g/mol. The fourth-order valence-corrected chi connectivity index (χ4v) is 4.23. The van der Waals surface area contributed by atoms with E-state index in [1.54, 1.807) is 11.0 Å². The molecule has 7 heteroatoms. The van der Waals surface area contributed by atoms with Crippen LogP contribution in [0.4, 0.5) is 0 Å². The number of rotatable bonds is 4. The third-order valence-electron chi connectivity index (χ3n) is 4.56. The Morgan fingerprint density at radius 1 is 1.12 bits per heavy atom. The van der Waals surface area contributed by atoms with Crippen molar-refractivity contribution in [2.24, 2.45) is 0 Å².